The Morgan fingerprint density at radius 1 is 1.11 bits per heavy atom. The number of nitrogens with zero attached hydrogens (tertiary/aromatic N) is 3. The van der Waals surface area contributed by atoms with Gasteiger partial charge in [0.1, 0.15) is 4.90 Å². The van der Waals surface area contributed by atoms with Gasteiger partial charge in [-0.15, -0.1) is 0 Å². The normalized spacial score (nSPS) is 15.7. The standard InChI is InChI=1S/C18H15Cl2N3O3S/c1-11-7-16(15(20)8-14(11)19)27(24,25)23-9-13(10-23)18-21-17(22-26-18)12-5-3-2-4-6-12/h2-8,13H,9-10H2,1H3. The molecule has 0 radical (unpaired) electrons. The van der Waals surface area contributed by atoms with Crippen LogP contribution >= 0.6 is 23.2 Å². The maximum Gasteiger partial charge on any atom is 0.244 e. The van der Waals surface area contributed by atoms with Gasteiger partial charge in [-0.25, -0.2) is 8.42 Å². The van der Waals surface area contributed by atoms with Crippen molar-refractivity contribution < 1.29 is 12.9 Å². The molecule has 1 aliphatic heterocycles. The van der Waals surface area contributed by atoms with Crippen molar-refractivity contribution >= 4 is 33.2 Å². The summed E-state index contributed by atoms with van der Waals surface area (Å²) in [6.45, 7) is 2.26. The highest BCUT2D eigenvalue weighted by atomic mass is 35.5. The molecule has 1 aromatic heterocycles. The molecule has 0 amide bonds. The van der Waals surface area contributed by atoms with Crippen molar-refractivity contribution in [3.05, 3.63) is 64.0 Å². The highest BCUT2D eigenvalue weighted by molar-refractivity contribution is 7.89. The topological polar surface area (TPSA) is 76.3 Å². The lowest BCUT2D eigenvalue weighted by atomic mass is 10.0. The smallest absolute Gasteiger partial charge is 0.244 e. The number of rotatable bonds is 4. The Labute approximate surface area is 166 Å². The predicted molar refractivity (Wildman–Crippen MR) is 102 cm³/mol. The number of halogens is 2. The summed E-state index contributed by atoms with van der Waals surface area (Å²) < 4.78 is 32.3. The van der Waals surface area contributed by atoms with Gasteiger partial charge < -0.3 is 4.52 Å². The Morgan fingerprint density at radius 3 is 2.52 bits per heavy atom. The van der Waals surface area contributed by atoms with Gasteiger partial charge in [0.05, 0.1) is 10.9 Å². The molecule has 27 heavy (non-hydrogen) atoms. The van der Waals surface area contributed by atoms with Crippen LogP contribution in [-0.2, 0) is 10.0 Å². The molecule has 0 N–H and O–H groups in total. The van der Waals surface area contributed by atoms with Gasteiger partial charge >= 0.3 is 0 Å². The number of sulfonamides is 1. The maximum absolute atomic E-state index is 12.8. The number of hydrogen-bond donors (Lipinski definition) is 0. The van der Waals surface area contributed by atoms with E-state index in [1.807, 2.05) is 30.3 Å². The first-order valence-electron chi connectivity index (χ1n) is 8.21. The van der Waals surface area contributed by atoms with Gasteiger partial charge in [-0.1, -0.05) is 58.7 Å². The predicted octanol–water partition coefficient (Wildman–Crippen LogP) is 4.14. The largest absolute Gasteiger partial charge is 0.339 e. The average molecular weight is 424 g/mol. The van der Waals surface area contributed by atoms with Crippen LogP contribution in [0.5, 0.6) is 0 Å². The van der Waals surface area contributed by atoms with Crippen LogP contribution in [0.1, 0.15) is 17.4 Å². The van der Waals surface area contributed by atoms with Crippen LogP contribution in [0.3, 0.4) is 0 Å². The average Bonchev–Trinajstić information content (AvgIpc) is 3.07. The second kappa shape index (κ2) is 6.91. The molecular formula is C18H15Cl2N3O3S. The van der Waals surface area contributed by atoms with Crippen LogP contribution < -0.4 is 0 Å². The first-order chi connectivity index (χ1) is 12.9. The van der Waals surface area contributed by atoms with Gasteiger partial charge in [-0.3, -0.25) is 0 Å². The molecule has 0 saturated carbocycles. The molecule has 6 nitrogen and oxygen atoms in total. The molecule has 3 aromatic rings. The third-order valence-electron chi connectivity index (χ3n) is 4.50. The monoisotopic (exact) mass is 423 g/mol. The molecule has 0 bridgehead atoms. The van der Waals surface area contributed by atoms with E-state index in [0.29, 0.717) is 22.3 Å². The lowest BCUT2D eigenvalue weighted by Crippen LogP contribution is -2.48. The molecule has 2 aromatic carbocycles. The fourth-order valence-electron chi connectivity index (χ4n) is 2.86. The first kappa shape index (κ1) is 18.4. The Bertz CT molecular complexity index is 1090. The summed E-state index contributed by atoms with van der Waals surface area (Å²) in [4.78, 5) is 4.45. The molecule has 0 aliphatic carbocycles. The van der Waals surface area contributed by atoms with E-state index in [-0.39, 0.29) is 28.9 Å². The summed E-state index contributed by atoms with van der Waals surface area (Å²) in [6.07, 6.45) is 0. The summed E-state index contributed by atoms with van der Waals surface area (Å²) in [5.41, 5.74) is 1.50. The lowest BCUT2D eigenvalue weighted by molar-refractivity contribution is 0.217. The van der Waals surface area contributed by atoms with Crippen molar-refractivity contribution in [1.29, 1.82) is 0 Å². The summed E-state index contributed by atoms with van der Waals surface area (Å²) in [6, 6.07) is 12.4. The van der Waals surface area contributed by atoms with Crippen molar-refractivity contribution in [2.45, 2.75) is 17.7 Å². The van der Waals surface area contributed by atoms with Gasteiger partial charge in [-0.05, 0) is 24.6 Å². The van der Waals surface area contributed by atoms with E-state index < -0.39 is 10.0 Å². The van der Waals surface area contributed by atoms with E-state index in [2.05, 4.69) is 10.1 Å². The summed E-state index contributed by atoms with van der Waals surface area (Å²) >= 11 is 12.1. The Morgan fingerprint density at radius 2 is 1.81 bits per heavy atom. The molecule has 0 atom stereocenters. The molecule has 140 valence electrons. The molecule has 1 aliphatic rings. The first-order valence-corrected chi connectivity index (χ1v) is 10.4. The van der Waals surface area contributed by atoms with Crippen LogP contribution in [0.25, 0.3) is 11.4 Å². The van der Waals surface area contributed by atoms with E-state index in [1.54, 1.807) is 6.92 Å². The quantitative estimate of drug-likeness (QED) is 0.629. The van der Waals surface area contributed by atoms with Crippen LogP contribution in [0.4, 0.5) is 0 Å². The molecule has 0 unspecified atom stereocenters. The van der Waals surface area contributed by atoms with Crippen molar-refractivity contribution in [2.75, 3.05) is 13.1 Å². The van der Waals surface area contributed by atoms with Crippen molar-refractivity contribution in [2.24, 2.45) is 0 Å². The molecule has 1 fully saturated rings. The summed E-state index contributed by atoms with van der Waals surface area (Å²) in [7, 11) is -3.71. The van der Waals surface area contributed by atoms with Gasteiger partial charge in [0.25, 0.3) is 0 Å². The number of aromatic nitrogens is 2. The SMILES string of the molecule is Cc1cc(S(=O)(=O)N2CC(c3nc(-c4ccccc4)no3)C2)c(Cl)cc1Cl. The van der Waals surface area contributed by atoms with Crippen LogP contribution in [0.2, 0.25) is 10.0 Å². The second-order valence-electron chi connectivity index (χ2n) is 6.37. The molecule has 0 spiro atoms. The molecule has 2 heterocycles. The molecular weight excluding hydrogens is 409 g/mol. The minimum Gasteiger partial charge on any atom is -0.339 e. The van der Waals surface area contributed by atoms with Gasteiger partial charge in [-0.2, -0.15) is 9.29 Å². The Balaban J connectivity index is 1.51. The van der Waals surface area contributed by atoms with E-state index >= 15 is 0 Å². The van der Waals surface area contributed by atoms with Crippen molar-refractivity contribution in [1.82, 2.24) is 14.4 Å². The lowest BCUT2D eigenvalue weighted by Gasteiger charge is -2.36. The van der Waals surface area contributed by atoms with Crippen molar-refractivity contribution in [3.63, 3.8) is 0 Å². The van der Waals surface area contributed by atoms with Gasteiger partial charge in [0.2, 0.25) is 21.7 Å². The van der Waals surface area contributed by atoms with E-state index in [0.717, 1.165) is 5.56 Å². The zero-order valence-electron chi connectivity index (χ0n) is 14.3. The maximum atomic E-state index is 12.8. The van der Waals surface area contributed by atoms with Gasteiger partial charge in [0.15, 0.2) is 0 Å². The van der Waals surface area contributed by atoms with Crippen LogP contribution in [-0.4, -0.2) is 36.0 Å². The third-order valence-corrected chi connectivity index (χ3v) is 7.21. The zero-order valence-corrected chi connectivity index (χ0v) is 16.6. The number of aryl methyl sites for hydroxylation is 1. The van der Waals surface area contributed by atoms with E-state index in [9.17, 15) is 8.42 Å². The molecule has 9 heteroatoms. The minimum absolute atomic E-state index is 0.0556. The van der Waals surface area contributed by atoms with Crippen LogP contribution in [0.15, 0.2) is 51.9 Å². The molecule has 4 rings (SSSR count). The highest BCUT2D eigenvalue weighted by Gasteiger charge is 2.41. The second-order valence-corrected chi connectivity index (χ2v) is 9.09. The fraction of sp³-hybridized carbons (Fsp3) is 0.222. The third kappa shape index (κ3) is 3.36. The van der Waals surface area contributed by atoms with E-state index in [4.69, 9.17) is 27.7 Å². The van der Waals surface area contributed by atoms with E-state index in [1.165, 1.54) is 16.4 Å². The fourth-order valence-corrected chi connectivity index (χ4v) is 5.20. The Hall–Kier alpha value is -1.93. The number of hydrogen-bond acceptors (Lipinski definition) is 5. The number of benzene rings is 2. The van der Waals surface area contributed by atoms with Crippen LogP contribution in [0, 0.1) is 6.92 Å². The van der Waals surface area contributed by atoms with Crippen molar-refractivity contribution in [3.8, 4) is 11.4 Å². The zero-order chi connectivity index (χ0) is 19.2. The summed E-state index contributed by atoms with van der Waals surface area (Å²) in [5, 5.41) is 4.52. The highest BCUT2D eigenvalue weighted by Crippen LogP contribution is 2.36. The van der Waals surface area contributed by atoms with Gasteiger partial charge in [0, 0.05) is 23.7 Å². The summed E-state index contributed by atoms with van der Waals surface area (Å²) in [5.74, 6) is 0.777. The Kier molecular flexibility index (Phi) is 4.71. The minimum atomic E-state index is -3.71. The molecule has 1 saturated heterocycles.